The quantitative estimate of drug-likeness (QED) is 0.704. The highest BCUT2D eigenvalue weighted by Crippen LogP contribution is 2.27. The predicted octanol–water partition coefficient (Wildman–Crippen LogP) is 3.05. The van der Waals surface area contributed by atoms with Gasteiger partial charge in [0.2, 0.25) is 0 Å². The van der Waals surface area contributed by atoms with Crippen molar-refractivity contribution < 1.29 is 9.90 Å². The van der Waals surface area contributed by atoms with E-state index in [1.165, 1.54) is 0 Å². The van der Waals surface area contributed by atoms with Gasteiger partial charge in [0.25, 0.3) is 5.91 Å². The van der Waals surface area contributed by atoms with Crippen molar-refractivity contribution in [3.05, 3.63) is 59.9 Å². The van der Waals surface area contributed by atoms with Crippen LogP contribution < -0.4 is 5.32 Å². The molecule has 0 saturated heterocycles. The minimum atomic E-state index is -0.316. The number of rotatable bonds is 6. The van der Waals surface area contributed by atoms with Crippen molar-refractivity contribution in [1.29, 1.82) is 0 Å². The summed E-state index contributed by atoms with van der Waals surface area (Å²) in [6, 6.07) is 11.3. The Labute approximate surface area is 158 Å². The Morgan fingerprint density at radius 2 is 2.00 bits per heavy atom. The first-order chi connectivity index (χ1) is 13.0. The molecule has 2 heterocycles. The summed E-state index contributed by atoms with van der Waals surface area (Å²) in [4.78, 5) is 17.2. The van der Waals surface area contributed by atoms with Gasteiger partial charge in [0, 0.05) is 41.7 Å². The van der Waals surface area contributed by atoms with Crippen molar-refractivity contribution in [2.75, 3.05) is 6.61 Å². The maximum Gasteiger partial charge on any atom is 0.251 e. The summed E-state index contributed by atoms with van der Waals surface area (Å²) in [5.41, 5.74) is 5.10. The smallest absolute Gasteiger partial charge is 0.251 e. The first-order valence-corrected chi connectivity index (χ1v) is 9.03. The number of aryl methyl sites for hydroxylation is 2. The fraction of sp³-hybridized carbons (Fsp3) is 0.286. The standard InChI is InChI=1S/C21H24N4O2/c1-4-25-20(7-8-23-25)17-9-16(19-6-5-14(2)12-22-19)10-18(11-17)21(27)24-15(3)13-26/h5-12,15,26H,4,13H2,1-3H3,(H,24,27). The number of pyridine rings is 1. The van der Waals surface area contributed by atoms with Gasteiger partial charge < -0.3 is 10.4 Å². The topological polar surface area (TPSA) is 80.0 Å². The van der Waals surface area contributed by atoms with Crippen LogP contribution in [0.3, 0.4) is 0 Å². The maximum absolute atomic E-state index is 12.7. The van der Waals surface area contributed by atoms with E-state index >= 15 is 0 Å². The van der Waals surface area contributed by atoms with Crippen molar-refractivity contribution >= 4 is 5.91 Å². The summed E-state index contributed by atoms with van der Waals surface area (Å²) in [7, 11) is 0. The monoisotopic (exact) mass is 364 g/mol. The molecule has 0 aliphatic heterocycles. The summed E-state index contributed by atoms with van der Waals surface area (Å²) in [6.45, 7) is 6.40. The molecule has 6 nitrogen and oxygen atoms in total. The molecule has 3 aromatic rings. The normalized spacial score (nSPS) is 12.0. The Balaban J connectivity index is 2.10. The van der Waals surface area contributed by atoms with Gasteiger partial charge in [-0.15, -0.1) is 0 Å². The number of nitrogens with zero attached hydrogens (tertiary/aromatic N) is 3. The highest BCUT2D eigenvalue weighted by Gasteiger charge is 2.15. The van der Waals surface area contributed by atoms with Crippen LogP contribution in [0.15, 0.2) is 48.8 Å². The summed E-state index contributed by atoms with van der Waals surface area (Å²) in [5, 5.41) is 16.4. The second kappa shape index (κ2) is 8.14. The molecule has 1 amide bonds. The van der Waals surface area contributed by atoms with Crippen LogP contribution in [-0.4, -0.2) is 38.4 Å². The Kier molecular flexibility index (Phi) is 5.66. The van der Waals surface area contributed by atoms with Crippen LogP contribution >= 0.6 is 0 Å². The Morgan fingerprint density at radius 1 is 1.22 bits per heavy atom. The van der Waals surface area contributed by atoms with Crippen molar-refractivity contribution in [3.8, 4) is 22.5 Å². The first kappa shape index (κ1) is 18.8. The van der Waals surface area contributed by atoms with E-state index in [0.29, 0.717) is 5.56 Å². The lowest BCUT2D eigenvalue weighted by Crippen LogP contribution is -2.35. The van der Waals surface area contributed by atoms with Crippen molar-refractivity contribution in [2.24, 2.45) is 0 Å². The highest BCUT2D eigenvalue weighted by atomic mass is 16.3. The van der Waals surface area contributed by atoms with Crippen molar-refractivity contribution in [1.82, 2.24) is 20.1 Å². The van der Waals surface area contributed by atoms with Crippen LogP contribution in [0.25, 0.3) is 22.5 Å². The number of aromatic nitrogens is 3. The van der Waals surface area contributed by atoms with Crippen LogP contribution in [0, 0.1) is 6.92 Å². The molecule has 0 bridgehead atoms. The third-order valence-corrected chi connectivity index (χ3v) is 4.37. The van der Waals surface area contributed by atoms with Crippen LogP contribution in [0.4, 0.5) is 0 Å². The van der Waals surface area contributed by atoms with Crippen LogP contribution in [0.2, 0.25) is 0 Å². The number of carbonyl (C=O) groups excluding carboxylic acids is 1. The SMILES string of the molecule is CCn1nccc1-c1cc(C(=O)NC(C)CO)cc(-c2ccc(C)cn2)c1. The number of aliphatic hydroxyl groups excluding tert-OH is 1. The lowest BCUT2D eigenvalue weighted by Gasteiger charge is -2.14. The van der Waals surface area contributed by atoms with Crippen LogP contribution in [0.5, 0.6) is 0 Å². The van der Waals surface area contributed by atoms with E-state index in [9.17, 15) is 9.90 Å². The van der Waals surface area contributed by atoms with Gasteiger partial charge in [-0.1, -0.05) is 6.07 Å². The van der Waals surface area contributed by atoms with E-state index in [1.54, 1.807) is 13.1 Å². The minimum absolute atomic E-state index is 0.111. The molecule has 0 aliphatic rings. The number of benzene rings is 1. The van der Waals surface area contributed by atoms with E-state index in [0.717, 1.165) is 34.6 Å². The van der Waals surface area contributed by atoms with Gasteiger partial charge in [-0.3, -0.25) is 14.5 Å². The first-order valence-electron chi connectivity index (χ1n) is 9.03. The molecule has 0 radical (unpaired) electrons. The molecule has 2 N–H and O–H groups in total. The fourth-order valence-corrected chi connectivity index (χ4v) is 2.88. The third kappa shape index (κ3) is 4.23. The molecule has 2 aromatic heterocycles. The van der Waals surface area contributed by atoms with Crippen molar-refractivity contribution in [3.63, 3.8) is 0 Å². The van der Waals surface area contributed by atoms with Gasteiger partial charge in [0.15, 0.2) is 0 Å². The average Bonchev–Trinajstić information content (AvgIpc) is 3.17. The Bertz CT molecular complexity index is 932. The van der Waals surface area contributed by atoms with Gasteiger partial charge in [0.05, 0.1) is 18.0 Å². The van der Waals surface area contributed by atoms with E-state index in [2.05, 4.69) is 15.4 Å². The van der Waals surface area contributed by atoms with E-state index < -0.39 is 0 Å². The minimum Gasteiger partial charge on any atom is -0.394 e. The molecule has 6 heteroatoms. The van der Waals surface area contributed by atoms with E-state index in [1.807, 2.05) is 61.1 Å². The Hall–Kier alpha value is -2.99. The van der Waals surface area contributed by atoms with Crippen LogP contribution in [0.1, 0.15) is 29.8 Å². The number of hydrogen-bond acceptors (Lipinski definition) is 4. The lowest BCUT2D eigenvalue weighted by molar-refractivity contribution is 0.0922. The zero-order valence-corrected chi connectivity index (χ0v) is 15.8. The second-order valence-corrected chi connectivity index (χ2v) is 6.61. The Morgan fingerprint density at radius 3 is 2.67 bits per heavy atom. The molecule has 1 aromatic carbocycles. The molecular weight excluding hydrogens is 340 g/mol. The number of aliphatic hydroxyl groups is 1. The molecule has 0 fully saturated rings. The summed E-state index contributed by atoms with van der Waals surface area (Å²) in [5.74, 6) is -0.227. The summed E-state index contributed by atoms with van der Waals surface area (Å²) >= 11 is 0. The molecule has 3 rings (SSSR count). The summed E-state index contributed by atoms with van der Waals surface area (Å²) < 4.78 is 1.89. The summed E-state index contributed by atoms with van der Waals surface area (Å²) in [6.07, 6.45) is 3.56. The van der Waals surface area contributed by atoms with E-state index in [4.69, 9.17) is 0 Å². The average molecular weight is 364 g/mol. The van der Waals surface area contributed by atoms with Crippen LogP contribution in [-0.2, 0) is 6.54 Å². The molecule has 0 saturated carbocycles. The number of amides is 1. The molecule has 27 heavy (non-hydrogen) atoms. The zero-order valence-electron chi connectivity index (χ0n) is 15.8. The fourth-order valence-electron chi connectivity index (χ4n) is 2.88. The van der Waals surface area contributed by atoms with Crippen molar-refractivity contribution in [2.45, 2.75) is 33.4 Å². The number of nitrogens with one attached hydrogen (secondary N) is 1. The zero-order chi connectivity index (χ0) is 19.4. The molecule has 1 atom stereocenters. The molecule has 0 aliphatic carbocycles. The molecular formula is C21H24N4O2. The van der Waals surface area contributed by atoms with Gasteiger partial charge in [0.1, 0.15) is 0 Å². The highest BCUT2D eigenvalue weighted by molar-refractivity contribution is 5.97. The maximum atomic E-state index is 12.7. The largest absolute Gasteiger partial charge is 0.394 e. The van der Waals surface area contributed by atoms with Gasteiger partial charge in [-0.2, -0.15) is 5.10 Å². The predicted molar refractivity (Wildman–Crippen MR) is 105 cm³/mol. The third-order valence-electron chi connectivity index (χ3n) is 4.37. The van der Waals surface area contributed by atoms with Gasteiger partial charge in [-0.05, 0) is 56.7 Å². The van der Waals surface area contributed by atoms with Gasteiger partial charge in [-0.25, -0.2) is 0 Å². The molecule has 0 spiro atoms. The van der Waals surface area contributed by atoms with E-state index in [-0.39, 0.29) is 18.6 Å². The number of hydrogen-bond donors (Lipinski definition) is 2. The number of carbonyl (C=O) groups is 1. The lowest BCUT2D eigenvalue weighted by atomic mass is 10.00. The van der Waals surface area contributed by atoms with Gasteiger partial charge >= 0.3 is 0 Å². The molecule has 140 valence electrons. The molecule has 1 unspecified atom stereocenters. The second-order valence-electron chi connectivity index (χ2n) is 6.61.